The van der Waals surface area contributed by atoms with Crippen molar-refractivity contribution in [1.82, 2.24) is 9.97 Å². The molecule has 0 aliphatic rings. The third kappa shape index (κ3) is 5.55. The lowest BCUT2D eigenvalue weighted by Gasteiger charge is -2.14. The van der Waals surface area contributed by atoms with E-state index in [1.165, 1.54) is 31.4 Å². The first kappa shape index (κ1) is 20.4. The molecule has 0 fully saturated rings. The molecule has 2 N–H and O–H groups in total. The van der Waals surface area contributed by atoms with E-state index in [1.54, 1.807) is 6.92 Å². The fourth-order valence-corrected chi connectivity index (χ4v) is 3.11. The van der Waals surface area contributed by atoms with Crippen LogP contribution in [0.2, 0.25) is 0 Å². The van der Waals surface area contributed by atoms with Crippen LogP contribution in [-0.2, 0) is 11.2 Å². The van der Waals surface area contributed by atoms with Crippen LogP contribution in [0.25, 0.3) is 0 Å². The first-order valence-corrected chi connectivity index (χ1v) is 9.12. The van der Waals surface area contributed by atoms with Gasteiger partial charge in [0.2, 0.25) is 5.91 Å². The highest BCUT2D eigenvalue weighted by Crippen LogP contribution is 2.30. The highest BCUT2D eigenvalue weighted by atomic mass is 32.2. The summed E-state index contributed by atoms with van der Waals surface area (Å²) in [6.45, 7) is 3.66. The van der Waals surface area contributed by atoms with Crippen LogP contribution >= 0.6 is 11.8 Å². The molecule has 0 radical (unpaired) electrons. The Labute approximate surface area is 159 Å². The predicted molar refractivity (Wildman–Crippen MR) is 102 cm³/mol. The van der Waals surface area contributed by atoms with Crippen molar-refractivity contribution in [2.75, 3.05) is 12.4 Å². The number of thioether (sulfide) groups is 1. The van der Waals surface area contributed by atoms with Crippen LogP contribution < -0.4 is 15.6 Å². The minimum absolute atomic E-state index is 0.137. The van der Waals surface area contributed by atoms with E-state index in [4.69, 9.17) is 4.74 Å². The van der Waals surface area contributed by atoms with Crippen molar-refractivity contribution in [1.29, 1.82) is 0 Å². The lowest BCUT2D eigenvalue weighted by molar-refractivity contribution is -0.384. The number of carbonyl (C=O) groups is 1. The second-order valence-corrected chi connectivity index (χ2v) is 7.01. The number of aromatic amines is 1. The maximum Gasteiger partial charge on any atom is 0.273 e. The first-order valence-electron chi connectivity index (χ1n) is 8.24. The molecule has 0 saturated carbocycles. The fourth-order valence-electron chi connectivity index (χ4n) is 2.28. The number of amides is 1. The number of hydrogen-bond donors (Lipinski definition) is 2. The second kappa shape index (κ2) is 9.17. The number of methoxy groups -OCH3 is 1. The number of nitro groups is 1. The quantitative estimate of drug-likeness (QED) is 0.306. The van der Waals surface area contributed by atoms with E-state index >= 15 is 0 Å². The predicted octanol–water partition coefficient (Wildman–Crippen LogP) is 2.76. The maximum atomic E-state index is 12.5. The van der Waals surface area contributed by atoms with Crippen molar-refractivity contribution in [3.8, 4) is 5.75 Å². The van der Waals surface area contributed by atoms with Gasteiger partial charge < -0.3 is 15.0 Å². The van der Waals surface area contributed by atoms with Gasteiger partial charge in [0.15, 0.2) is 5.16 Å². The molecule has 1 amide bonds. The lowest BCUT2D eigenvalue weighted by atomic mass is 10.2. The number of nitro benzene ring substituents is 1. The minimum Gasteiger partial charge on any atom is -0.494 e. The highest BCUT2D eigenvalue weighted by Gasteiger charge is 2.19. The largest absolute Gasteiger partial charge is 0.494 e. The van der Waals surface area contributed by atoms with Gasteiger partial charge in [-0.2, -0.15) is 0 Å². The van der Waals surface area contributed by atoms with Crippen LogP contribution in [0.4, 0.5) is 11.4 Å². The van der Waals surface area contributed by atoms with Crippen molar-refractivity contribution in [2.45, 2.75) is 37.1 Å². The van der Waals surface area contributed by atoms with E-state index < -0.39 is 10.2 Å². The molecule has 0 aliphatic heterocycles. The van der Waals surface area contributed by atoms with E-state index in [0.717, 1.165) is 18.2 Å². The monoisotopic (exact) mass is 392 g/mol. The molecule has 1 atom stereocenters. The van der Waals surface area contributed by atoms with Crippen LogP contribution in [0.15, 0.2) is 34.2 Å². The molecule has 0 spiro atoms. The summed E-state index contributed by atoms with van der Waals surface area (Å²) in [5.41, 5.74) is 0.595. The highest BCUT2D eigenvalue weighted by molar-refractivity contribution is 8.00. The first-order chi connectivity index (χ1) is 12.8. The number of anilines is 1. The molecule has 1 unspecified atom stereocenters. The number of H-pyrrole nitrogens is 1. The summed E-state index contributed by atoms with van der Waals surface area (Å²) < 4.78 is 5.11. The van der Waals surface area contributed by atoms with Gasteiger partial charge in [-0.1, -0.05) is 25.1 Å². The molecule has 10 heteroatoms. The van der Waals surface area contributed by atoms with Gasteiger partial charge in [0.1, 0.15) is 5.75 Å². The number of aromatic nitrogens is 2. The lowest BCUT2D eigenvalue weighted by Crippen LogP contribution is -2.23. The molecule has 2 aromatic rings. The van der Waals surface area contributed by atoms with Gasteiger partial charge in [-0.25, -0.2) is 4.98 Å². The van der Waals surface area contributed by atoms with Crippen LogP contribution in [0.1, 0.15) is 26.0 Å². The third-order valence-corrected chi connectivity index (χ3v) is 4.57. The Morgan fingerprint density at radius 2 is 2.19 bits per heavy atom. The van der Waals surface area contributed by atoms with Gasteiger partial charge in [-0.3, -0.25) is 19.7 Å². The van der Waals surface area contributed by atoms with Crippen LogP contribution in [0, 0.1) is 10.1 Å². The molecule has 0 bridgehead atoms. The van der Waals surface area contributed by atoms with Crippen LogP contribution in [0.5, 0.6) is 5.75 Å². The normalized spacial score (nSPS) is 11.7. The summed E-state index contributed by atoms with van der Waals surface area (Å²) in [6.07, 6.45) is 1.54. The van der Waals surface area contributed by atoms with Crippen molar-refractivity contribution in [2.24, 2.45) is 0 Å². The van der Waals surface area contributed by atoms with Gasteiger partial charge in [-0.15, -0.1) is 0 Å². The molecule has 0 aliphatic carbocycles. The summed E-state index contributed by atoms with van der Waals surface area (Å²) >= 11 is 1.12. The molecular formula is C17H20N4O5S. The molecule has 0 saturated heterocycles. The number of nitrogens with zero attached hydrogens (tertiary/aromatic N) is 2. The Bertz CT molecular complexity index is 899. The van der Waals surface area contributed by atoms with Gasteiger partial charge in [0.25, 0.3) is 11.2 Å². The zero-order valence-electron chi connectivity index (χ0n) is 15.1. The topological polar surface area (TPSA) is 127 Å². The van der Waals surface area contributed by atoms with Crippen molar-refractivity contribution in [3.05, 3.63) is 50.4 Å². The van der Waals surface area contributed by atoms with Gasteiger partial charge in [0, 0.05) is 17.8 Å². The Kier molecular flexibility index (Phi) is 6.94. The SMILES string of the molecule is CCCc1cc(=O)[nH]c(SC(C)C(=O)Nc2ccc([N+](=O)[O-])cc2OC)n1. The summed E-state index contributed by atoms with van der Waals surface area (Å²) in [7, 11) is 1.36. The molecule has 144 valence electrons. The smallest absolute Gasteiger partial charge is 0.273 e. The van der Waals surface area contributed by atoms with Crippen molar-refractivity contribution >= 4 is 29.0 Å². The minimum atomic E-state index is -0.565. The number of nitrogens with one attached hydrogen (secondary N) is 2. The van der Waals surface area contributed by atoms with E-state index in [2.05, 4.69) is 15.3 Å². The zero-order valence-corrected chi connectivity index (χ0v) is 16.0. The van der Waals surface area contributed by atoms with Crippen LogP contribution in [0.3, 0.4) is 0 Å². The van der Waals surface area contributed by atoms with Crippen molar-refractivity contribution in [3.63, 3.8) is 0 Å². The number of benzene rings is 1. The standard InChI is InChI=1S/C17H20N4O5S/c1-4-5-11-8-15(22)20-17(18-11)27-10(2)16(23)19-13-7-6-12(21(24)25)9-14(13)26-3/h6-10H,4-5H2,1-3H3,(H,19,23)(H,18,20,22). The average molecular weight is 392 g/mol. The zero-order chi connectivity index (χ0) is 20.0. The number of carbonyl (C=O) groups excluding carboxylic acids is 1. The van der Waals surface area contributed by atoms with Gasteiger partial charge >= 0.3 is 0 Å². The molecule has 1 heterocycles. The fraction of sp³-hybridized carbons (Fsp3) is 0.353. The number of aryl methyl sites for hydroxylation is 1. The number of ether oxygens (including phenoxy) is 1. The summed E-state index contributed by atoms with van der Waals surface area (Å²) in [5.74, 6) is -0.165. The maximum absolute atomic E-state index is 12.5. The molecule has 1 aromatic heterocycles. The summed E-state index contributed by atoms with van der Waals surface area (Å²) in [4.78, 5) is 41.4. The van der Waals surface area contributed by atoms with Gasteiger partial charge in [0.05, 0.1) is 29.0 Å². The second-order valence-electron chi connectivity index (χ2n) is 5.68. The van der Waals surface area contributed by atoms with E-state index in [-0.39, 0.29) is 22.9 Å². The Balaban J connectivity index is 2.12. The Morgan fingerprint density at radius 3 is 2.81 bits per heavy atom. The molecule has 27 heavy (non-hydrogen) atoms. The number of hydrogen-bond acceptors (Lipinski definition) is 7. The molecule has 2 rings (SSSR count). The van der Waals surface area contributed by atoms with E-state index in [1.807, 2.05) is 6.92 Å². The van der Waals surface area contributed by atoms with Gasteiger partial charge in [-0.05, 0) is 19.4 Å². The summed E-state index contributed by atoms with van der Waals surface area (Å²) in [6, 6.07) is 5.37. The molecule has 1 aromatic carbocycles. The van der Waals surface area contributed by atoms with E-state index in [0.29, 0.717) is 23.0 Å². The number of non-ortho nitro benzene ring substituents is 1. The van der Waals surface area contributed by atoms with E-state index in [9.17, 15) is 19.7 Å². The third-order valence-electron chi connectivity index (χ3n) is 3.59. The summed E-state index contributed by atoms with van der Waals surface area (Å²) in [5, 5.41) is 13.3. The molecule has 9 nitrogen and oxygen atoms in total. The average Bonchev–Trinajstić information content (AvgIpc) is 2.61. The van der Waals surface area contributed by atoms with Crippen LogP contribution in [-0.4, -0.2) is 33.2 Å². The Hall–Kier alpha value is -2.88. The molecular weight excluding hydrogens is 372 g/mol. The number of rotatable bonds is 8. The Morgan fingerprint density at radius 1 is 1.44 bits per heavy atom. The van der Waals surface area contributed by atoms with Crippen molar-refractivity contribution < 1.29 is 14.5 Å².